The SMILES string of the molecule is CC(C)=CN1C=CC=CC1C(=O)O. The van der Waals surface area contributed by atoms with Gasteiger partial charge in [-0.3, -0.25) is 0 Å². The summed E-state index contributed by atoms with van der Waals surface area (Å²) in [7, 11) is 0. The van der Waals surface area contributed by atoms with Gasteiger partial charge in [0.1, 0.15) is 6.04 Å². The number of carboxylic acids is 1. The Kier molecular flexibility index (Phi) is 2.90. The first-order chi connectivity index (χ1) is 6.11. The molecule has 70 valence electrons. The van der Waals surface area contributed by atoms with Crippen LogP contribution in [0.15, 0.2) is 36.2 Å². The Morgan fingerprint density at radius 2 is 2.15 bits per heavy atom. The third-order valence-corrected chi connectivity index (χ3v) is 1.64. The van der Waals surface area contributed by atoms with E-state index in [1.54, 1.807) is 23.3 Å². The molecule has 1 atom stereocenters. The normalized spacial score (nSPS) is 20.2. The maximum absolute atomic E-state index is 10.8. The summed E-state index contributed by atoms with van der Waals surface area (Å²) in [6, 6.07) is -0.570. The first-order valence-corrected chi connectivity index (χ1v) is 4.11. The van der Waals surface area contributed by atoms with Crippen LogP contribution >= 0.6 is 0 Å². The molecule has 0 aromatic carbocycles. The highest BCUT2D eigenvalue weighted by atomic mass is 16.4. The highest BCUT2D eigenvalue weighted by molar-refractivity contribution is 5.76. The first kappa shape index (κ1) is 9.58. The molecule has 0 aliphatic carbocycles. The molecule has 1 unspecified atom stereocenters. The lowest BCUT2D eigenvalue weighted by Crippen LogP contribution is -2.33. The summed E-state index contributed by atoms with van der Waals surface area (Å²) in [6.45, 7) is 3.87. The molecule has 1 aliphatic rings. The Morgan fingerprint density at radius 3 is 2.69 bits per heavy atom. The average molecular weight is 179 g/mol. The van der Waals surface area contributed by atoms with Crippen molar-refractivity contribution in [1.29, 1.82) is 0 Å². The third-order valence-electron chi connectivity index (χ3n) is 1.64. The molecule has 1 heterocycles. The lowest BCUT2D eigenvalue weighted by molar-refractivity contribution is -0.139. The summed E-state index contributed by atoms with van der Waals surface area (Å²) < 4.78 is 0. The quantitative estimate of drug-likeness (QED) is 0.702. The number of nitrogens with zero attached hydrogens (tertiary/aromatic N) is 1. The summed E-state index contributed by atoms with van der Waals surface area (Å²) in [5.41, 5.74) is 1.08. The van der Waals surface area contributed by atoms with Gasteiger partial charge in [-0.2, -0.15) is 0 Å². The molecule has 0 spiro atoms. The zero-order chi connectivity index (χ0) is 9.84. The zero-order valence-corrected chi connectivity index (χ0v) is 7.77. The van der Waals surface area contributed by atoms with Crippen molar-refractivity contribution < 1.29 is 9.90 Å². The molecule has 0 aromatic heterocycles. The van der Waals surface area contributed by atoms with E-state index in [0.29, 0.717) is 0 Å². The fraction of sp³-hybridized carbons (Fsp3) is 0.300. The Labute approximate surface area is 77.7 Å². The van der Waals surface area contributed by atoms with E-state index in [2.05, 4.69) is 0 Å². The predicted octanol–water partition coefficient (Wildman–Crippen LogP) is 1.75. The molecule has 1 rings (SSSR count). The zero-order valence-electron chi connectivity index (χ0n) is 7.77. The second-order valence-electron chi connectivity index (χ2n) is 3.16. The third kappa shape index (κ3) is 2.47. The van der Waals surface area contributed by atoms with E-state index in [4.69, 9.17) is 5.11 Å². The number of aliphatic carboxylic acids is 1. The van der Waals surface area contributed by atoms with E-state index in [-0.39, 0.29) is 0 Å². The summed E-state index contributed by atoms with van der Waals surface area (Å²) in [5, 5.41) is 8.87. The molecule has 3 nitrogen and oxygen atoms in total. The number of carboxylic acid groups (broad SMARTS) is 1. The highest BCUT2D eigenvalue weighted by Gasteiger charge is 2.19. The van der Waals surface area contributed by atoms with Crippen molar-refractivity contribution in [2.24, 2.45) is 0 Å². The summed E-state index contributed by atoms with van der Waals surface area (Å²) in [5.74, 6) is -0.835. The van der Waals surface area contributed by atoms with Crippen molar-refractivity contribution >= 4 is 5.97 Å². The molecule has 0 saturated carbocycles. The Hall–Kier alpha value is -1.51. The van der Waals surface area contributed by atoms with Crippen LogP contribution in [0, 0.1) is 0 Å². The van der Waals surface area contributed by atoms with Crippen molar-refractivity contribution in [2.75, 3.05) is 0 Å². The lowest BCUT2D eigenvalue weighted by Gasteiger charge is -2.23. The topological polar surface area (TPSA) is 40.5 Å². The summed E-state index contributed by atoms with van der Waals surface area (Å²) >= 11 is 0. The monoisotopic (exact) mass is 179 g/mol. The number of hydrogen-bond acceptors (Lipinski definition) is 2. The average Bonchev–Trinajstić information content (AvgIpc) is 2.03. The van der Waals surface area contributed by atoms with Crippen molar-refractivity contribution in [3.05, 3.63) is 36.2 Å². The molecule has 0 amide bonds. The standard InChI is InChI=1S/C10H13NO2/c1-8(2)7-11-6-4-3-5-9(11)10(12)13/h3-7,9H,1-2H3,(H,12,13). The van der Waals surface area contributed by atoms with Crippen LogP contribution in [0.2, 0.25) is 0 Å². The van der Waals surface area contributed by atoms with E-state index in [1.165, 1.54) is 0 Å². The molecular weight excluding hydrogens is 166 g/mol. The van der Waals surface area contributed by atoms with Crippen LogP contribution < -0.4 is 0 Å². The van der Waals surface area contributed by atoms with Crippen molar-refractivity contribution in [2.45, 2.75) is 19.9 Å². The molecule has 0 fully saturated rings. The molecule has 1 N–H and O–H groups in total. The number of hydrogen-bond donors (Lipinski definition) is 1. The first-order valence-electron chi connectivity index (χ1n) is 4.11. The van der Waals surface area contributed by atoms with E-state index >= 15 is 0 Å². The second-order valence-corrected chi connectivity index (χ2v) is 3.16. The van der Waals surface area contributed by atoms with E-state index in [0.717, 1.165) is 5.57 Å². The van der Waals surface area contributed by atoms with Gasteiger partial charge in [-0.15, -0.1) is 0 Å². The van der Waals surface area contributed by atoms with Gasteiger partial charge in [0.25, 0.3) is 0 Å². The van der Waals surface area contributed by atoms with Crippen molar-refractivity contribution in [1.82, 2.24) is 4.90 Å². The van der Waals surface area contributed by atoms with Crippen LogP contribution in [0.5, 0.6) is 0 Å². The van der Waals surface area contributed by atoms with E-state index in [1.807, 2.05) is 26.1 Å². The van der Waals surface area contributed by atoms with E-state index < -0.39 is 12.0 Å². The smallest absolute Gasteiger partial charge is 0.330 e. The van der Waals surface area contributed by atoms with Gasteiger partial charge in [0.05, 0.1) is 0 Å². The second kappa shape index (κ2) is 3.94. The molecule has 0 bridgehead atoms. The van der Waals surface area contributed by atoms with E-state index in [9.17, 15) is 4.79 Å². The van der Waals surface area contributed by atoms with Crippen molar-refractivity contribution in [3.63, 3.8) is 0 Å². The Bertz CT molecular complexity index is 285. The number of carbonyl (C=O) groups is 1. The van der Waals surface area contributed by atoms with Gasteiger partial charge in [0, 0.05) is 12.4 Å². The molecular formula is C10H13NO2. The number of rotatable bonds is 2. The van der Waals surface area contributed by atoms with Crippen LogP contribution in [-0.2, 0) is 4.79 Å². The highest BCUT2D eigenvalue weighted by Crippen LogP contribution is 2.10. The predicted molar refractivity (Wildman–Crippen MR) is 51.0 cm³/mol. The fourth-order valence-electron chi connectivity index (χ4n) is 1.14. The molecule has 1 aliphatic heterocycles. The largest absolute Gasteiger partial charge is 0.479 e. The van der Waals surface area contributed by atoms with Gasteiger partial charge in [-0.25, -0.2) is 4.79 Å². The minimum absolute atomic E-state index is 0.570. The van der Waals surface area contributed by atoms with Crippen LogP contribution in [0.1, 0.15) is 13.8 Å². The van der Waals surface area contributed by atoms with Crippen LogP contribution in [0.4, 0.5) is 0 Å². The van der Waals surface area contributed by atoms with Crippen LogP contribution in [-0.4, -0.2) is 22.0 Å². The van der Waals surface area contributed by atoms with Crippen LogP contribution in [0.3, 0.4) is 0 Å². The Balaban J connectivity index is 2.83. The van der Waals surface area contributed by atoms with Crippen molar-refractivity contribution in [3.8, 4) is 0 Å². The van der Waals surface area contributed by atoms with Gasteiger partial charge in [0.15, 0.2) is 0 Å². The molecule has 0 saturated heterocycles. The lowest BCUT2D eigenvalue weighted by atomic mass is 10.2. The minimum Gasteiger partial charge on any atom is -0.479 e. The fourth-order valence-corrected chi connectivity index (χ4v) is 1.14. The maximum Gasteiger partial charge on any atom is 0.330 e. The van der Waals surface area contributed by atoms with Gasteiger partial charge in [0.2, 0.25) is 0 Å². The Morgan fingerprint density at radius 1 is 1.46 bits per heavy atom. The van der Waals surface area contributed by atoms with Gasteiger partial charge < -0.3 is 10.0 Å². The maximum atomic E-state index is 10.8. The molecule has 13 heavy (non-hydrogen) atoms. The van der Waals surface area contributed by atoms with Gasteiger partial charge in [-0.1, -0.05) is 17.7 Å². The van der Waals surface area contributed by atoms with Gasteiger partial charge in [-0.05, 0) is 19.9 Å². The minimum atomic E-state index is -0.835. The summed E-state index contributed by atoms with van der Waals surface area (Å²) in [4.78, 5) is 12.5. The molecule has 3 heteroatoms. The molecule has 0 radical (unpaired) electrons. The molecule has 0 aromatic rings. The van der Waals surface area contributed by atoms with Crippen LogP contribution in [0.25, 0.3) is 0 Å². The number of allylic oxidation sites excluding steroid dienone is 3. The summed E-state index contributed by atoms with van der Waals surface area (Å²) in [6.07, 6.45) is 8.79. The van der Waals surface area contributed by atoms with Gasteiger partial charge >= 0.3 is 5.97 Å².